The average Bonchev–Trinajstić information content (AvgIpc) is 3.32. The zero-order valence-electron chi connectivity index (χ0n) is 15.0. The molecule has 2 aromatic carbocycles. The minimum Gasteiger partial charge on any atom is -0.483 e. The number of nitrogens with zero attached hydrogens (tertiary/aromatic N) is 1. The third kappa shape index (κ3) is 3.75. The second kappa shape index (κ2) is 7.50. The topological polar surface area (TPSA) is 38.8 Å². The summed E-state index contributed by atoms with van der Waals surface area (Å²) < 4.78 is 11.5. The molecule has 2 aliphatic heterocycles. The summed E-state index contributed by atoms with van der Waals surface area (Å²) in [6.45, 7) is 3.34. The number of hydrogen-bond donors (Lipinski definition) is 0. The lowest BCUT2D eigenvalue weighted by atomic mass is 9.87. The molecule has 2 heterocycles. The molecular formula is C22H25NO3. The van der Waals surface area contributed by atoms with Crippen LogP contribution in [0.3, 0.4) is 0 Å². The lowest BCUT2D eigenvalue weighted by Crippen LogP contribution is -2.35. The highest BCUT2D eigenvalue weighted by Gasteiger charge is 2.42. The van der Waals surface area contributed by atoms with Gasteiger partial charge < -0.3 is 14.4 Å². The van der Waals surface area contributed by atoms with Gasteiger partial charge in [-0.05, 0) is 30.0 Å². The van der Waals surface area contributed by atoms with Gasteiger partial charge in [0.25, 0.3) is 5.91 Å². The smallest absolute Gasteiger partial charge is 0.260 e. The number of carbonyl (C=O) groups is 1. The van der Waals surface area contributed by atoms with Crippen molar-refractivity contribution in [2.45, 2.75) is 19.3 Å². The molecule has 2 aliphatic rings. The molecule has 0 radical (unpaired) electrons. The van der Waals surface area contributed by atoms with Crippen molar-refractivity contribution in [3.63, 3.8) is 0 Å². The first-order valence-electron chi connectivity index (χ1n) is 9.34. The van der Waals surface area contributed by atoms with Gasteiger partial charge in [-0.3, -0.25) is 4.79 Å². The highest BCUT2D eigenvalue weighted by atomic mass is 16.5. The van der Waals surface area contributed by atoms with E-state index in [4.69, 9.17) is 9.47 Å². The van der Waals surface area contributed by atoms with Gasteiger partial charge in [0.1, 0.15) is 5.75 Å². The third-order valence-corrected chi connectivity index (χ3v) is 5.54. The maximum absolute atomic E-state index is 12.6. The van der Waals surface area contributed by atoms with E-state index in [9.17, 15) is 4.79 Å². The summed E-state index contributed by atoms with van der Waals surface area (Å²) in [5, 5.41) is 0. The van der Waals surface area contributed by atoms with E-state index in [-0.39, 0.29) is 17.9 Å². The number of hydrogen-bond acceptors (Lipinski definition) is 3. The fraction of sp³-hybridized carbons (Fsp3) is 0.409. The fourth-order valence-electron chi connectivity index (χ4n) is 3.96. The van der Waals surface area contributed by atoms with Crippen molar-refractivity contribution >= 4 is 5.91 Å². The monoisotopic (exact) mass is 351 g/mol. The lowest BCUT2D eigenvalue weighted by Gasteiger charge is -2.22. The number of likely N-dealkylation sites (tertiary alicyclic amines) is 1. The Bertz CT molecular complexity index is 753. The Labute approximate surface area is 154 Å². The summed E-state index contributed by atoms with van der Waals surface area (Å²) in [4.78, 5) is 14.5. The van der Waals surface area contributed by atoms with Crippen molar-refractivity contribution in [1.29, 1.82) is 0 Å². The summed E-state index contributed by atoms with van der Waals surface area (Å²) in [5.74, 6) is 0.867. The van der Waals surface area contributed by atoms with E-state index in [1.807, 2.05) is 41.3 Å². The van der Waals surface area contributed by atoms with Crippen LogP contribution in [0.25, 0.3) is 0 Å². The number of amides is 1. The number of para-hydroxylation sites is 1. The molecule has 0 aliphatic carbocycles. The minimum absolute atomic E-state index is 0.0725. The molecule has 0 bridgehead atoms. The predicted octanol–water partition coefficient (Wildman–Crippen LogP) is 3.30. The molecule has 1 spiro atoms. The molecule has 2 aromatic rings. The maximum atomic E-state index is 12.6. The summed E-state index contributed by atoms with van der Waals surface area (Å²) in [7, 11) is 0. The largest absolute Gasteiger partial charge is 0.483 e. The SMILES string of the molecule is O=C(COc1ccccc1Cc1ccccc1)N1CCC2(CCOC2)C1. The Hall–Kier alpha value is -2.33. The Balaban J connectivity index is 1.37. The van der Waals surface area contributed by atoms with Gasteiger partial charge in [-0.1, -0.05) is 48.5 Å². The minimum atomic E-state index is 0.0725. The van der Waals surface area contributed by atoms with Gasteiger partial charge in [-0.2, -0.15) is 0 Å². The molecule has 4 heteroatoms. The van der Waals surface area contributed by atoms with E-state index in [2.05, 4.69) is 18.2 Å². The molecule has 2 fully saturated rings. The normalized spacial score (nSPS) is 22.1. The summed E-state index contributed by atoms with van der Waals surface area (Å²) in [6, 6.07) is 18.3. The molecule has 136 valence electrons. The predicted molar refractivity (Wildman–Crippen MR) is 100 cm³/mol. The van der Waals surface area contributed by atoms with Gasteiger partial charge in [0, 0.05) is 31.5 Å². The first-order chi connectivity index (χ1) is 12.7. The van der Waals surface area contributed by atoms with Crippen LogP contribution in [0, 0.1) is 5.41 Å². The summed E-state index contributed by atoms with van der Waals surface area (Å²) >= 11 is 0. The van der Waals surface area contributed by atoms with Crippen LogP contribution >= 0.6 is 0 Å². The average molecular weight is 351 g/mol. The van der Waals surface area contributed by atoms with E-state index in [0.29, 0.717) is 0 Å². The number of benzene rings is 2. The van der Waals surface area contributed by atoms with E-state index in [0.717, 1.165) is 56.9 Å². The molecule has 0 aromatic heterocycles. The molecule has 1 unspecified atom stereocenters. The first kappa shape index (κ1) is 17.1. The first-order valence-corrected chi connectivity index (χ1v) is 9.34. The van der Waals surface area contributed by atoms with Gasteiger partial charge in [0.15, 0.2) is 6.61 Å². The Morgan fingerprint density at radius 1 is 1.08 bits per heavy atom. The second-order valence-corrected chi connectivity index (χ2v) is 7.43. The van der Waals surface area contributed by atoms with Gasteiger partial charge in [0.05, 0.1) is 6.61 Å². The van der Waals surface area contributed by atoms with Crippen molar-refractivity contribution in [3.8, 4) is 5.75 Å². The van der Waals surface area contributed by atoms with Gasteiger partial charge in [-0.25, -0.2) is 0 Å². The second-order valence-electron chi connectivity index (χ2n) is 7.43. The molecule has 1 atom stereocenters. The van der Waals surface area contributed by atoms with E-state index in [1.165, 1.54) is 5.56 Å². The van der Waals surface area contributed by atoms with Crippen LogP contribution in [0.1, 0.15) is 24.0 Å². The lowest BCUT2D eigenvalue weighted by molar-refractivity contribution is -0.132. The number of carbonyl (C=O) groups excluding carboxylic acids is 1. The Kier molecular flexibility index (Phi) is 4.93. The van der Waals surface area contributed by atoms with Gasteiger partial charge >= 0.3 is 0 Å². The molecule has 26 heavy (non-hydrogen) atoms. The fourth-order valence-corrected chi connectivity index (χ4v) is 3.96. The molecule has 2 saturated heterocycles. The van der Waals surface area contributed by atoms with Gasteiger partial charge in [0.2, 0.25) is 0 Å². The van der Waals surface area contributed by atoms with Crippen molar-refractivity contribution < 1.29 is 14.3 Å². The molecule has 0 saturated carbocycles. The van der Waals surface area contributed by atoms with Crippen molar-refractivity contribution in [1.82, 2.24) is 4.90 Å². The molecule has 1 amide bonds. The zero-order chi connectivity index (χ0) is 17.8. The quantitative estimate of drug-likeness (QED) is 0.830. The molecular weight excluding hydrogens is 326 g/mol. The number of ether oxygens (including phenoxy) is 2. The Morgan fingerprint density at radius 3 is 2.69 bits per heavy atom. The standard InChI is InChI=1S/C22H25NO3/c24-21(23-12-10-22(16-23)11-13-25-17-22)15-26-20-9-5-4-8-19(20)14-18-6-2-1-3-7-18/h1-9H,10-17H2. The molecule has 0 N–H and O–H groups in total. The van der Waals surface area contributed by atoms with E-state index >= 15 is 0 Å². The van der Waals surface area contributed by atoms with Crippen LogP contribution in [-0.4, -0.2) is 43.7 Å². The van der Waals surface area contributed by atoms with Crippen LogP contribution in [-0.2, 0) is 16.0 Å². The Morgan fingerprint density at radius 2 is 1.88 bits per heavy atom. The van der Waals surface area contributed by atoms with Gasteiger partial charge in [-0.15, -0.1) is 0 Å². The van der Waals surface area contributed by atoms with Crippen LogP contribution in [0.2, 0.25) is 0 Å². The molecule has 4 nitrogen and oxygen atoms in total. The van der Waals surface area contributed by atoms with Crippen LogP contribution in [0.5, 0.6) is 5.75 Å². The van der Waals surface area contributed by atoms with E-state index < -0.39 is 0 Å². The van der Waals surface area contributed by atoms with Crippen molar-refractivity contribution in [2.24, 2.45) is 5.41 Å². The van der Waals surface area contributed by atoms with Crippen LogP contribution < -0.4 is 4.74 Å². The van der Waals surface area contributed by atoms with Crippen LogP contribution in [0.4, 0.5) is 0 Å². The maximum Gasteiger partial charge on any atom is 0.260 e. The van der Waals surface area contributed by atoms with Crippen LogP contribution in [0.15, 0.2) is 54.6 Å². The molecule has 4 rings (SSSR count). The third-order valence-electron chi connectivity index (χ3n) is 5.54. The highest BCUT2D eigenvalue weighted by molar-refractivity contribution is 5.78. The number of rotatable bonds is 5. The van der Waals surface area contributed by atoms with E-state index in [1.54, 1.807) is 0 Å². The summed E-state index contributed by atoms with van der Waals surface area (Å²) in [5.41, 5.74) is 2.53. The van der Waals surface area contributed by atoms with Crippen molar-refractivity contribution in [3.05, 3.63) is 65.7 Å². The summed E-state index contributed by atoms with van der Waals surface area (Å²) in [6.07, 6.45) is 2.91. The highest BCUT2D eigenvalue weighted by Crippen LogP contribution is 2.38. The zero-order valence-corrected chi connectivity index (χ0v) is 15.0. The van der Waals surface area contributed by atoms with Crippen molar-refractivity contribution in [2.75, 3.05) is 32.9 Å².